The van der Waals surface area contributed by atoms with Gasteiger partial charge < -0.3 is 40.1 Å². The Hall–Kier alpha value is -1.81. The first kappa shape index (κ1) is 30.7. The molecule has 2 heterocycles. The Morgan fingerprint density at radius 3 is 2.61 bits per heavy atom. The third-order valence-corrected chi connectivity index (χ3v) is 7.87. The van der Waals surface area contributed by atoms with Crippen molar-refractivity contribution in [3.05, 3.63) is 47.6 Å². The van der Waals surface area contributed by atoms with Crippen LogP contribution < -0.4 is 15.8 Å². The van der Waals surface area contributed by atoms with Gasteiger partial charge in [-0.15, -0.1) is 0 Å². The van der Waals surface area contributed by atoms with E-state index in [9.17, 15) is 14.7 Å². The number of nitrogens with two attached hydrogens (primary N) is 1. The number of aliphatic hydroxyl groups is 1. The summed E-state index contributed by atoms with van der Waals surface area (Å²) in [5.74, 6) is -1.11. The van der Waals surface area contributed by atoms with E-state index >= 15 is 0 Å². The van der Waals surface area contributed by atoms with Crippen LogP contribution in [0.1, 0.15) is 18.4 Å². The molecule has 2 atom stereocenters. The van der Waals surface area contributed by atoms with Crippen LogP contribution in [-0.2, 0) is 25.5 Å². The second kappa shape index (κ2) is 13.5. The Kier molecular flexibility index (Phi) is 10.9. The van der Waals surface area contributed by atoms with Crippen LogP contribution in [0.5, 0.6) is 5.75 Å². The van der Waals surface area contributed by atoms with E-state index in [1.165, 1.54) is 12.0 Å². The summed E-state index contributed by atoms with van der Waals surface area (Å²) in [6.45, 7) is 1.07. The quantitative estimate of drug-likeness (QED) is 0.304. The highest BCUT2D eigenvalue weighted by Gasteiger charge is 2.54. The topological polar surface area (TPSA) is 145 Å². The van der Waals surface area contributed by atoms with E-state index in [1.807, 2.05) is 12.1 Å². The number of oxime groups is 1. The van der Waals surface area contributed by atoms with Gasteiger partial charge in [0.25, 0.3) is 5.91 Å². The predicted molar refractivity (Wildman–Crippen MR) is 154 cm³/mol. The van der Waals surface area contributed by atoms with Crippen molar-refractivity contribution in [2.75, 3.05) is 33.9 Å². The van der Waals surface area contributed by atoms with E-state index in [0.29, 0.717) is 42.0 Å². The van der Waals surface area contributed by atoms with Gasteiger partial charge in [0, 0.05) is 30.7 Å². The Balaban J connectivity index is 1.48. The molecule has 15 heteroatoms. The van der Waals surface area contributed by atoms with Crippen molar-refractivity contribution in [1.29, 1.82) is 0 Å². The number of aliphatic hydroxyl groups excluding tert-OH is 1. The monoisotopic (exact) mass is 786 g/mol. The van der Waals surface area contributed by atoms with Crippen molar-refractivity contribution in [2.45, 2.75) is 31.2 Å². The Morgan fingerprint density at radius 1 is 1.29 bits per heavy atom. The van der Waals surface area contributed by atoms with Gasteiger partial charge >= 0.3 is 11.8 Å². The number of nitrogens with one attached hydrogen (secondary N) is 1. The van der Waals surface area contributed by atoms with Crippen LogP contribution in [-0.4, -0.2) is 73.4 Å². The van der Waals surface area contributed by atoms with Crippen molar-refractivity contribution in [3.63, 3.8) is 0 Å². The van der Waals surface area contributed by atoms with Gasteiger partial charge in [-0.2, -0.15) is 0 Å². The molecule has 11 nitrogen and oxygen atoms in total. The maximum Gasteiger partial charge on any atom is 0.314 e. The Labute approximate surface area is 253 Å². The molecule has 1 spiro atoms. The molecule has 4 N–H and O–H groups in total. The van der Waals surface area contributed by atoms with Gasteiger partial charge in [0.05, 0.1) is 29.1 Å². The number of rotatable bonds is 10. The molecule has 0 fully saturated rings. The van der Waals surface area contributed by atoms with E-state index in [0.717, 1.165) is 14.5 Å². The predicted octanol–water partition coefficient (Wildman–Crippen LogP) is 4.00. The van der Waals surface area contributed by atoms with Crippen LogP contribution >= 0.6 is 63.7 Å². The van der Waals surface area contributed by atoms with E-state index < -0.39 is 23.8 Å². The van der Waals surface area contributed by atoms with Gasteiger partial charge in [-0.05, 0) is 78.3 Å². The molecule has 2 aliphatic rings. The average molecular weight is 790 g/mol. The van der Waals surface area contributed by atoms with Crippen LogP contribution in [0.15, 0.2) is 47.2 Å². The Morgan fingerprint density at radius 2 is 1.97 bits per heavy atom. The van der Waals surface area contributed by atoms with Gasteiger partial charge in [0.1, 0.15) is 11.5 Å². The lowest BCUT2D eigenvalue weighted by Crippen LogP contribution is -2.49. The number of methoxy groups -OCH3 is 1. The fraction of sp³-hybridized carbons (Fsp3) is 0.435. The van der Waals surface area contributed by atoms with Crippen molar-refractivity contribution < 1.29 is 33.7 Å². The molecule has 0 aliphatic carbocycles. The molecule has 0 aromatic heterocycles. The summed E-state index contributed by atoms with van der Waals surface area (Å²) < 4.78 is 19.2. The summed E-state index contributed by atoms with van der Waals surface area (Å²) >= 11 is 13.7. The first-order chi connectivity index (χ1) is 18.0. The third kappa shape index (κ3) is 7.43. The minimum Gasteiger partial charge on any atom is -0.496 e. The summed E-state index contributed by atoms with van der Waals surface area (Å²) in [5.41, 5.74) is 6.06. The van der Waals surface area contributed by atoms with Crippen molar-refractivity contribution >= 4 is 81.4 Å². The molecular formula is C23H26Br4N4O7. The number of hydrogen-bond donors (Lipinski definition) is 3. The van der Waals surface area contributed by atoms with Crippen molar-refractivity contribution in [3.8, 4) is 5.75 Å². The number of carbonyl (C=O) groups is 2. The number of nitrogens with zero attached hydrogens (tertiary/aromatic N) is 2. The van der Waals surface area contributed by atoms with Crippen LogP contribution in [0.2, 0.25) is 0 Å². The lowest BCUT2D eigenvalue weighted by molar-refractivity contribution is -0.227. The number of hydrogen-bond acceptors (Lipinski definition) is 8. The summed E-state index contributed by atoms with van der Waals surface area (Å²) in [4.78, 5) is 30.7. The number of likely N-dealkylation sites (N-methyl/N-ethyl adjacent to an activating group) is 1. The minimum absolute atomic E-state index is 0.0570. The average Bonchev–Trinajstić information content (AvgIpc) is 3.09. The first-order valence-electron chi connectivity index (χ1n) is 11.3. The molecular weight excluding hydrogens is 764 g/mol. The lowest BCUT2D eigenvalue weighted by atomic mass is 10.0. The van der Waals surface area contributed by atoms with Crippen LogP contribution in [0.25, 0.3) is 0 Å². The molecule has 1 aromatic carbocycles. The highest BCUT2D eigenvalue weighted by Crippen LogP contribution is 2.41. The van der Waals surface area contributed by atoms with E-state index in [4.69, 9.17) is 24.8 Å². The SMILES string of the molecule is COC1=C(Br)C[C@@]2(ON=C(C(=O)NCCCOc3c(Br)cc(CCN(C)C(N)=O)cc3Br)[C@@H]2O)OC(Br)=C1. The molecule has 2 aliphatic heterocycles. The zero-order chi connectivity index (χ0) is 28.0. The molecule has 208 valence electrons. The van der Waals surface area contributed by atoms with Crippen molar-refractivity contribution in [1.82, 2.24) is 10.2 Å². The largest absolute Gasteiger partial charge is 0.496 e. The molecule has 1 aromatic rings. The molecule has 0 radical (unpaired) electrons. The second-order valence-electron chi connectivity index (χ2n) is 8.34. The molecule has 38 heavy (non-hydrogen) atoms. The van der Waals surface area contributed by atoms with Crippen LogP contribution in [0.3, 0.4) is 0 Å². The minimum atomic E-state index is -1.62. The van der Waals surface area contributed by atoms with Gasteiger partial charge in [-0.1, -0.05) is 21.1 Å². The van der Waals surface area contributed by atoms with Gasteiger partial charge in [0.15, 0.2) is 16.5 Å². The first-order valence-corrected chi connectivity index (χ1v) is 14.5. The number of amides is 3. The molecule has 3 rings (SSSR count). The van der Waals surface area contributed by atoms with Gasteiger partial charge in [0.2, 0.25) is 0 Å². The number of carbonyl (C=O) groups excluding carboxylic acids is 2. The van der Waals surface area contributed by atoms with Gasteiger partial charge in [-0.3, -0.25) is 4.79 Å². The van der Waals surface area contributed by atoms with Crippen molar-refractivity contribution in [2.24, 2.45) is 10.9 Å². The molecule has 3 amide bonds. The molecule has 0 bridgehead atoms. The van der Waals surface area contributed by atoms with Crippen LogP contribution in [0, 0.1) is 0 Å². The lowest BCUT2D eigenvalue weighted by Gasteiger charge is -2.29. The maximum atomic E-state index is 12.7. The fourth-order valence-electron chi connectivity index (χ4n) is 3.53. The number of ether oxygens (including phenoxy) is 3. The summed E-state index contributed by atoms with van der Waals surface area (Å²) in [7, 11) is 3.14. The number of halogens is 4. The highest BCUT2D eigenvalue weighted by molar-refractivity contribution is 9.12. The van der Waals surface area contributed by atoms with E-state index in [2.05, 4.69) is 74.2 Å². The fourth-order valence-corrected chi connectivity index (χ4v) is 6.19. The summed E-state index contributed by atoms with van der Waals surface area (Å²) in [6, 6.07) is 3.35. The Bertz CT molecular complexity index is 1150. The molecule has 0 unspecified atom stereocenters. The zero-order valence-corrected chi connectivity index (χ0v) is 26.8. The number of primary amides is 1. The summed E-state index contributed by atoms with van der Waals surface area (Å²) in [5, 5.41) is 17.4. The molecule has 0 saturated heterocycles. The highest BCUT2D eigenvalue weighted by atomic mass is 79.9. The summed E-state index contributed by atoms with van der Waals surface area (Å²) in [6.07, 6.45) is 1.29. The normalized spacial score (nSPS) is 20.7. The number of urea groups is 1. The molecule has 0 saturated carbocycles. The maximum absolute atomic E-state index is 12.7. The number of benzene rings is 1. The smallest absolute Gasteiger partial charge is 0.314 e. The third-order valence-electron chi connectivity index (χ3n) is 5.63. The second-order valence-corrected chi connectivity index (χ2v) is 11.8. The van der Waals surface area contributed by atoms with E-state index in [-0.39, 0.29) is 23.3 Å². The van der Waals surface area contributed by atoms with Crippen LogP contribution in [0.4, 0.5) is 4.79 Å². The standard InChI is InChI=1S/C23H26Br4N4O7/c1-31(22(28)34)6-4-12-8-13(24)19(14(25)9-12)36-7-3-5-29-21(33)18-20(32)23(38-30-18)11-15(26)16(35-2)10-17(27)37-23/h8-10,20,32H,3-7,11H2,1-2H3,(H2,28,34)(H,29,33)/t20-,23-/m0/s1. The van der Waals surface area contributed by atoms with Gasteiger partial charge in [-0.25, -0.2) is 4.79 Å². The van der Waals surface area contributed by atoms with E-state index in [1.54, 1.807) is 13.1 Å². The zero-order valence-electron chi connectivity index (χ0n) is 20.4. The number of allylic oxidation sites excluding steroid dienone is 1.